The van der Waals surface area contributed by atoms with E-state index in [1.165, 1.54) is 28.8 Å². The number of nitrogens with zero attached hydrogens (tertiary/aromatic N) is 1. The smallest absolute Gasteiger partial charge is 0.123 e. The van der Waals surface area contributed by atoms with Crippen molar-refractivity contribution in [2.45, 2.75) is 26.2 Å². The third-order valence-corrected chi connectivity index (χ3v) is 4.51. The summed E-state index contributed by atoms with van der Waals surface area (Å²) in [5.41, 5.74) is 5.18. The average molecular weight is 258 g/mol. The first-order valence-corrected chi connectivity index (χ1v) is 7.36. The fourth-order valence-electron chi connectivity index (χ4n) is 2.56. The highest BCUT2D eigenvalue weighted by atomic mass is 32.1. The van der Waals surface area contributed by atoms with Crippen molar-refractivity contribution < 1.29 is 0 Å². The summed E-state index contributed by atoms with van der Waals surface area (Å²) in [5.74, 6) is 0.612. The molecule has 1 N–H and O–H groups in total. The maximum Gasteiger partial charge on any atom is 0.123 e. The number of hydrogen-bond acceptors (Lipinski definition) is 3. The Balaban J connectivity index is 1.92. The van der Waals surface area contributed by atoms with Crippen LogP contribution in [-0.4, -0.2) is 18.1 Å². The van der Waals surface area contributed by atoms with Crippen LogP contribution in [0.3, 0.4) is 0 Å². The lowest BCUT2D eigenvalue weighted by Gasteiger charge is -2.05. The molecule has 1 fully saturated rings. The Bertz CT molecular complexity index is 553. The van der Waals surface area contributed by atoms with Gasteiger partial charge in [0.25, 0.3) is 0 Å². The first-order chi connectivity index (χ1) is 8.74. The van der Waals surface area contributed by atoms with Crippen LogP contribution < -0.4 is 5.32 Å². The fraction of sp³-hybridized carbons (Fsp3) is 0.400. The van der Waals surface area contributed by atoms with Gasteiger partial charge < -0.3 is 5.32 Å². The molecule has 1 aliphatic heterocycles. The minimum atomic E-state index is 0.612. The minimum Gasteiger partial charge on any atom is -0.316 e. The highest BCUT2D eigenvalue weighted by molar-refractivity contribution is 7.13. The summed E-state index contributed by atoms with van der Waals surface area (Å²) in [6.07, 6.45) is 1.22. The molecule has 0 aliphatic carbocycles. The fourth-order valence-corrected chi connectivity index (χ4v) is 3.55. The van der Waals surface area contributed by atoms with Crippen molar-refractivity contribution in [3.63, 3.8) is 0 Å². The molecule has 0 radical (unpaired) electrons. The van der Waals surface area contributed by atoms with Gasteiger partial charge in [0.1, 0.15) is 5.01 Å². The lowest BCUT2D eigenvalue weighted by atomic mass is 10.1. The Kier molecular flexibility index (Phi) is 3.18. The molecular formula is C15H18N2S. The van der Waals surface area contributed by atoms with Crippen LogP contribution in [-0.2, 0) is 0 Å². The first kappa shape index (κ1) is 11.9. The van der Waals surface area contributed by atoms with E-state index >= 15 is 0 Å². The number of nitrogens with one attached hydrogen (secondary N) is 1. The minimum absolute atomic E-state index is 0.612. The van der Waals surface area contributed by atoms with E-state index < -0.39 is 0 Å². The number of hydrogen-bond donors (Lipinski definition) is 1. The van der Waals surface area contributed by atoms with E-state index in [0.717, 1.165) is 18.1 Å². The summed E-state index contributed by atoms with van der Waals surface area (Å²) in [6, 6.07) is 6.59. The van der Waals surface area contributed by atoms with E-state index in [1.807, 2.05) is 0 Å². The van der Waals surface area contributed by atoms with Crippen molar-refractivity contribution in [2.24, 2.45) is 0 Å². The van der Waals surface area contributed by atoms with Crippen LogP contribution in [0.2, 0.25) is 0 Å². The van der Waals surface area contributed by atoms with Crippen molar-refractivity contribution in [1.29, 1.82) is 0 Å². The molecule has 1 aliphatic rings. The Labute approximate surface area is 112 Å². The van der Waals surface area contributed by atoms with Crippen LogP contribution in [0.1, 0.15) is 29.2 Å². The third kappa shape index (κ3) is 2.20. The average Bonchev–Trinajstić information content (AvgIpc) is 2.99. The van der Waals surface area contributed by atoms with Gasteiger partial charge >= 0.3 is 0 Å². The van der Waals surface area contributed by atoms with E-state index in [9.17, 15) is 0 Å². The molecule has 1 aromatic heterocycles. The predicted molar refractivity (Wildman–Crippen MR) is 77.3 cm³/mol. The monoisotopic (exact) mass is 258 g/mol. The second-order valence-electron chi connectivity index (χ2n) is 5.09. The van der Waals surface area contributed by atoms with Crippen LogP contribution in [0.5, 0.6) is 0 Å². The highest BCUT2D eigenvalue weighted by Crippen LogP contribution is 2.31. The summed E-state index contributed by atoms with van der Waals surface area (Å²) in [5, 5.41) is 6.79. The number of rotatable bonds is 2. The summed E-state index contributed by atoms with van der Waals surface area (Å²) >= 11 is 1.77. The van der Waals surface area contributed by atoms with E-state index in [-0.39, 0.29) is 0 Å². The first-order valence-electron chi connectivity index (χ1n) is 6.48. The Morgan fingerprint density at radius 2 is 2.22 bits per heavy atom. The van der Waals surface area contributed by atoms with Gasteiger partial charge in [-0.1, -0.05) is 23.8 Å². The van der Waals surface area contributed by atoms with E-state index in [2.05, 4.69) is 42.7 Å². The second kappa shape index (κ2) is 4.82. The quantitative estimate of drug-likeness (QED) is 0.891. The normalized spacial score (nSPS) is 19.3. The van der Waals surface area contributed by atoms with Gasteiger partial charge in [-0.05, 0) is 32.4 Å². The molecule has 3 rings (SSSR count). The molecule has 0 spiro atoms. The zero-order chi connectivity index (χ0) is 12.5. The number of aryl methyl sites for hydroxylation is 2. The van der Waals surface area contributed by atoms with Crippen molar-refractivity contribution in [3.8, 4) is 10.6 Å². The molecule has 3 heteroatoms. The molecule has 0 amide bonds. The van der Waals surface area contributed by atoms with Gasteiger partial charge in [-0.3, -0.25) is 0 Å². The molecule has 1 saturated heterocycles. The van der Waals surface area contributed by atoms with E-state index in [4.69, 9.17) is 4.98 Å². The highest BCUT2D eigenvalue weighted by Gasteiger charge is 2.19. The van der Waals surface area contributed by atoms with E-state index in [0.29, 0.717) is 5.92 Å². The van der Waals surface area contributed by atoms with Gasteiger partial charge in [0.2, 0.25) is 0 Å². The lowest BCUT2D eigenvalue weighted by Crippen LogP contribution is -2.08. The molecule has 94 valence electrons. The molecule has 2 aromatic rings. The van der Waals surface area contributed by atoms with Gasteiger partial charge in [-0.2, -0.15) is 0 Å². The summed E-state index contributed by atoms with van der Waals surface area (Å²) in [6.45, 7) is 6.51. The van der Waals surface area contributed by atoms with Gasteiger partial charge in [0, 0.05) is 23.4 Å². The lowest BCUT2D eigenvalue weighted by molar-refractivity contribution is 0.742. The topological polar surface area (TPSA) is 24.9 Å². The Morgan fingerprint density at radius 1 is 1.33 bits per heavy atom. The molecule has 1 atom stereocenters. The van der Waals surface area contributed by atoms with Gasteiger partial charge in [0.05, 0.1) is 5.69 Å². The number of benzene rings is 1. The molecule has 1 aromatic carbocycles. The Hall–Kier alpha value is -1.19. The SMILES string of the molecule is Cc1ccc(-c2nc(C3CCNC3)cs2)c(C)c1. The van der Waals surface area contributed by atoms with Crippen molar-refractivity contribution in [2.75, 3.05) is 13.1 Å². The molecule has 18 heavy (non-hydrogen) atoms. The molecule has 2 heterocycles. The summed E-state index contributed by atoms with van der Waals surface area (Å²) in [4.78, 5) is 4.83. The van der Waals surface area contributed by atoms with Crippen LogP contribution in [0.15, 0.2) is 23.6 Å². The molecule has 0 saturated carbocycles. The molecule has 1 unspecified atom stereocenters. The summed E-state index contributed by atoms with van der Waals surface area (Å²) in [7, 11) is 0. The maximum absolute atomic E-state index is 4.83. The number of thiazole rings is 1. The van der Waals surface area contributed by atoms with Gasteiger partial charge in [-0.25, -0.2) is 4.98 Å². The Morgan fingerprint density at radius 3 is 2.94 bits per heavy atom. The predicted octanol–water partition coefficient (Wildman–Crippen LogP) is 3.50. The van der Waals surface area contributed by atoms with Crippen LogP contribution >= 0.6 is 11.3 Å². The third-order valence-electron chi connectivity index (χ3n) is 3.61. The van der Waals surface area contributed by atoms with Gasteiger partial charge in [0.15, 0.2) is 0 Å². The maximum atomic E-state index is 4.83. The summed E-state index contributed by atoms with van der Waals surface area (Å²) < 4.78 is 0. The van der Waals surface area contributed by atoms with Crippen LogP contribution in [0.4, 0.5) is 0 Å². The van der Waals surface area contributed by atoms with Crippen LogP contribution in [0, 0.1) is 13.8 Å². The van der Waals surface area contributed by atoms with E-state index in [1.54, 1.807) is 11.3 Å². The zero-order valence-corrected chi connectivity index (χ0v) is 11.7. The second-order valence-corrected chi connectivity index (χ2v) is 5.94. The van der Waals surface area contributed by atoms with Crippen LogP contribution in [0.25, 0.3) is 10.6 Å². The molecule has 0 bridgehead atoms. The molecular weight excluding hydrogens is 240 g/mol. The van der Waals surface area contributed by atoms with Crippen molar-refractivity contribution in [1.82, 2.24) is 10.3 Å². The van der Waals surface area contributed by atoms with Crippen molar-refractivity contribution >= 4 is 11.3 Å². The van der Waals surface area contributed by atoms with Crippen molar-refractivity contribution in [3.05, 3.63) is 40.4 Å². The van der Waals surface area contributed by atoms with Gasteiger partial charge in [-0.15, -0.1) is 11.3 Å². The zero-order valence-electron chi connectivity index (χ0n) is 10.9. The molecule has 2 nitrogen and oxygen atoms in total. The largest absolute Gasteiger partial charge is 0.316 e. The number of aromatic nitrogens is 1. The standard InChI is InChI=1S/C15H18N2S/c1-10-3-4-13(11(2)7-10)15-17-14(9-18-15)12-5-6-16-8-12/h3-4,7,9,12,16H,5-6,8H2,1-2H3.